The van der Waals surface area contributed by atoms with Crippen molar-refractivity contribution in [1.29, 1.82) is 0 Å². The lowest BCUT2D eigenvalue weighted by Gasteiger charge is -2.32. The molecule has 0 N–H and O–H groups in total. The molecule has 0 aliphatic carbocycles. The molecule has 6 nitrogen and oxygen atoms in total. The normalized spacial score (nSPS) is 16.9. The molecule has 1 aliphatic heterocycles. The number of ether oxygens (including phenoxy) is 1. The predicted octanol–water partition coefficient (Wildman–Crippen LogP) is 4.62. The monoisotopic (exact) mass is 477 g/mol. The third-order valence-corrected chi connectivity index (χ3v) is 5.97. The molecule has 2 aromatic carbocycles. The second-order valence-electron chi connectivity index (χ2n) is 8.91. The first-order valence-corrected chi connectivity index (χ1v) is 10.9. The second kappa shape index (κ2) is 9.42. The number of hydrogen-bond acceptors (Lipinski definition) is 5. The van der Waals surface area contributed by atoms with Crippen LogP contribution < -0.4 is 10.4 Å². The van der Waals surface area contributed by atoms with Gasteiger partial charge in [-0.2, -0.15) is 13.2 Å². The average Bonchev–Trinajstić information content (AvgIpc) is 2.95. The van der Waals surface area contributed by atoms with Crippen LogP contribution in [0, 0.1) is 0 Å². The summed E-state index contributed by atoms with van der Waals surface area (Å²) >= 11 is 0. The molecule has 0 unspecified atom stereocenters. The maximum atomic E-state index is 13.6. The molecule has 1 saturated heterocycles. The summed E-state index contributed by atoms with van der Waals surface area (Å²) in [5.74, 6) is -1.40. The highest BCUT2D eigenvalue weighted by atomic mass is 19.4. The van der Waals surface area contributed by atoms with Crippen LogP contribution in [0.4, 0.5) is 24.5 Å². The van der Waals surface area contributed by atoms with Gasteiger partial charge in [-0.05, 0) is 65.0 Å². The van der Waals surface area contributed by atoms with Gasteiger partial charge in [0.1, 0.15) is 6.42 Å². The first-order valence-electron chi connectivity index (χ1n) is 10.9. The molecular weight excluding hydrogens is 450 g/mol. The molecule has 182 valence electrons. The Morgan fingerprint density at radius 1 is 1.00 bits per heavy atom. The number of benzene rings is 2. The minimum absolute atomic E-state index is 0.0227. The summed E-state index contributed by atoms with van der Waals surface area (Å²) in [6.07, 6.45) is -5.21. The Hall–Kier alpha value is -2.85. The minimum atomic E-state index is -4.62. The van der Waals surface area contributed by atoms with Crippen molar-refractivity contribution in [3.05, 3.63) is 54.1 Å². The maximum absolute atomic E-state index is 13.6. The fourth-order valence-corrected chi connectivity index (χ4v) is 3.50. The van der Waals surface area contributed by atoms with Crippen LogP contribution in [0.5, 0.6) is 0 Å². The van der Waals surface area contributed by atoms with E-state index in [9.17, 15) is 22.8 Å². The minimum Gasteiger partial charge on any atom is -0.466 e. The molecular formula is C24H27BF3NO5. The van der Waals surface area contributed by atoms with Crippen molar-refractivity contribution in [3.63, 3.8) is 0 Å². The zero-order valence-electron chi connectivity index (χ0n) is 19.7. The zero-order chi connectivity index (χ0) is 25.3. The Balaban J connectivity index is 2.17. The first-order chi connectivity index (χ1) is 15.8. The summed E-state index contributed by atoms with van der Waals surface area (Å²) in [6.45, 7) is 8.82. The third-order valence-electron chi connectivity index (χ3n) is 5.97. The molecule has 0 spiro atoms. The van der Waals surface area contributed by atoms with Gasteiger partial charge in [-0.1, -0.05) is 18.2 Å². The van der Waals surface area contributed by atoms with E-state index in [2.05, 4.69) is 0 Å². The van der Waals surface area contributed by atoms with Gasteiger partial charge in [0.15, 0.2) is 0 Å². The molecule has 0 atom stereocenters. The predicted molar refractivity (Wildman–Crippen MR) is 122 cm³/mol. The van der Waals surface area contributed by atoms with Gasteiger partial charge in [-0.15, -0.1) is 0 Å². The Bertz CT molecular complexity index is 1040. The van der Waals surface area contributed by atoms with Gasteiger partial charge in [-0.3, -0.25) is 14.5 Å². The van der Waals surface area contributed by atoms with Gasteiger partial charge in [0.2, 0.25) is 5.91 Å². The molecule has 34 heavy (non-hydrogen) atoms. The molecule has 0 bridgehead atoms. The molecule has 1 fully saturated rings. The van der Waals surface area contributed by atoms with Crippen molar-refractivity contribution in [3.8, 4) is 0 Å². The number of alkyl halides is 3. The van der Waals surface area contributed by atoms with Gasteiger partial charge >= 0.3 is 19.3 Å². The van der Waals surface area contributed by atoms with Crippen LogP contribution in [0.15, 0.2) is 48.5 Å². The van der Waals surface area contributed by atoms with E-state index in [0.29, 0.717) is 5.69 Å². The number of amides is 1. The summed E-state index contributed by atoms with van der Waals surface area (Å²) in [4.78, 5) is 26.5. The van der Waals surface area contributed by atoms with Crippen molar-refractivity contribution in [2.45, 2.75) is 58.4 Å². The number of para-hydroxylation sites is 1. The number of nitrogens with zero attached hydrogens (tertiary/aromatic N) is 1. The highest BCUT2D eigenvalue weighted by Crippen LogP contribution is 2.39. The molecule has 1 heterocycles. The Morgan fingerprint density at radius 2 is 1.59 bits per heavy atom. The van der Waals surface area contributed by atoms with Crippen molar-refractivity contribution < 1.29 is 36.8 Å². The topological polar surface area (TPSA) is 65.1 Å². The first kappa shape index (κ1) is 25.8. The van der Waals surface area contributed by atoms with Crippen molar-refractivity contribution >= 4 is 35.8 Å². The Labute approximate surface area is 197 Å². The Kier molecular flexibility index (Phi) is 7.14. The number of esters is 1. The number of carbonyl (C=O) groups excluding carboxylic acids is 2. The fourth-order valence-electron chi connectivity index (χ4n) is 3.50. The van der Waals surface area contributed by atoms with Gasteiger partial charge in [-0.25, -0.2) is 0 Å². The van der Waals surface area contributed by atoms with E-state index in [-0.39, 0.29) is 17.8 Å². The van der Waals surface area contributed by atoms with Crippen molar-refractivity contribution in [2.24, 2.45) is 0 Å². The smallest absolute Gasteiger partial charge is 0.466 e. The van der Waals surface area contributed by atoms with Crippen LogP contribution in [0.2, 0.25) is 0 Å². The quantitative estimate of drug-likeness (QED) is 0.345. The van der Waals surface area contributed by atoms with Crippen molar-refractivity contribution in [1.82, 2.24) is 0 Å². The van der Waals surface area contributed by atoms with Gasteiger partial charge < -0.3 is 14.0 Å². The summed E-state index contributed by atoms with van der Waals surface area (Å²) in [5.41, 5.74) is -2.05. The average molecular weight is 477 g/mol. The summed E-state index contributed by atoms with van der Waals surface area (Å²) < 4.78 is 57.8. The number of hydrogen-bond donors (Lipinski definition) is 0. The number of anilines is 2. The van der Waals surface area contributed by atoms with Crippen LogP contribution in [0.3, 0.4) is 0 Å². The zero-order valence-corrected chi connectivity index (χ0v) is 19.7. The Morgan fingerprint density at radius 3 is 2.12 bits per heavy atom. The lowest BCUT2D eigenvalue weighted by Crippen LogP contribution is -2.41. The highest BCUT2D eigenvalue weighted by molar-refractivity contribution is 6.64. The number of halogens is 3. The van der Waals surface area contributed by atoms with Crippen LogP contribution in [-0.2, 0) is 29.8 Å². The number of rotatable bonds is 6. The second-order valence-corrected chi connectivity index (χ2v) is 8.91. The maximum Gasteiger partial charge on any atom is 0.497 e. The fraction of sp³-hybridized carbons (Fsp3) is 0.417. The molecule has 10 heteroatoms. The third kappa shape index (κ3) is 5.28. The highest BCUT2D eigenvalue weighted by Gasteiger charge is 2.53. The van der Waals surface area contributed by atoms with E-state index in [1.54, 1.807) is 65.0 Å². The lowest BCUT2D eigenvalue weighted by atomic mass is 9.76. The van der Waals surface area contributed by atoms with Crippen LogP contribution in [0.1, 0.15) is 46.6 Å². The van der Waals surface area contributed by atoms with E-state index in [4.69, 9.17) is 14.0 Å². The van der Waals surface area contributed by atoms with E-state index in [1.165, 1.54) is 11.0 Å². The largest absolute Gasteiger partial charge is 0.497 e. The van der Waals surface area contributed by atoms with Gasteiger partial charge in [0, 0.05) is 16.8 Å². The SMILES string of the molecule is CCOC(=O)CC(=O)N(c1ccccc1)c1ccc(C(F)(F)F)cc1B1OC(C)(C)C(C)(C)O1. The summed E-state index contributed by atoms with van der Waals surface area (Å²) in [5, 5.41) is 0. The molecule has 0 radical (unpaired) electrons. The van der Waals surface area contributed by atoms with Crippen LogP contribution in [0.25, 0.3) is 0 Å². The van der Waals surface area contributed by atoms with Crippen molar-refractivity contribution in [2.75, 3.05) is 11.5 Å². The van der Waals surface area contributed by atoms with E-state index < -0.39 is 48.4 Å². The van der Waals surface area contributed by atoms with E-state index >= 15 is 0 Å². The molecule has 2 aromatic rings. The molecule has 0 aromatic heterocycles. The summed E-state index contributed by atoms with van der Waals surface area (Å²) in [7, 11) is -1.18. The van der Waals surface area contributed by atoms with Gasteiger partial charge in [0.25, 0.3) is 0 Å². The standard InChI is InChI=1S/C24H27BF3NO5/c1-6-32-21(31)15-20(30)29(17-10-8-7-9-11-17)19-13-12-16(24(26,27)28)14-18(19)25-33-22(2,3)23(4,5)34-25/h7-14H,6,15H2,1-5H3. The number of carbonyl (C=O) groups is 2. The van der Waals surface area contributed by atoms with Crippen LogP contribution >= 0.6 is 0 Å². The molecule has 0 saturated carbocycles. The molecule has 1 aliphatic rings. The van der Waals surface area contributed by atoms with Crippen LogP contribution in [-0.4, -0.2) is 36.8 Å². The van der Waals surface area contributed by atoms with Gasteiger partial charge in [0.05, 0.1) is 23.4 Å². The van der Waals surface area contributed by atoms with E-state index in [1.807, 2.05) is 0 Å². The summed E-state index contributed by atoms with van der Waals surface area (Å²) in [6, 6.07) is 11.3. The molecule has 3 rings (SSSR count). The van der Waals surface area contributed by atoms with E-state index in [0.717, 1.165) is 12.1 Å². The molecule has 1 amide bonds. The lowest BCUT2D eigenvalue weighted by molar-refractivity contribution is -0.145.